The van der Waals surface area contributed by atoms with E-state index in [9.17, 15) is 28.0 Å². The van der Waals surface area contributed by atoms with E-state index in [2.05, 4.69) is 25.6 Å². The number of alkyl halides is 2. The molecular weight excluding hydrogens is 980 g/mol. The first kappa shape index (κ1) is 49.3. The topological polar surface area (TPSA) is 198 Å². The van der Waals surface area contributed by atoms with Crippen molar-refractivity contribution in [2.24, 2.45) is 17.8 Å². The number of hydrogen-bond acceptors (Lipinski definition) is 11. The number of likely N-dealkylation sites (tertiary alicyclic amines) is 2. The van der Waals surface area contributed by atoms with Crippen molar-refractivity contribution in [2.75, 3.05) is 20.8 Å². The largest absolute Gasteiger partial charge is 0.464 e. The van der Waals surface area contributed by atoms with Gasteiger partial charge in [-0.15, -0.1) is 11.3 Å². The lowest BCUT2D eigenvalue weighted by molar-refractivity contribution is -0.140. The number of fused-ring (bicyclic) bond motifs is 6. The molecule has 6 aromatic rings. The number of aromatic nitrogens is 5. The maximum absolute atomic E-state index is 16.9. The smallest absolute Gasteiger partial charge is 0.407 e. The number of amides is 4. The molecule has 4 aliphatic heterocycles. The number of piperidine rings is 1. The van der Waals surface area contributed by atoms with E-state index in [1.54, 1.807) is 29.4 Å². The number of nitrogens with zero attached hydrogens (tertiary/aromatic N) is 5. The summed E-state index contributed by atoms with van der Waals surface area (Å²) in [5.41, 5.74) is 3.72. The molecule has 390 valence electrons. The molecule has 0 spiro atoms. The van der Waals surface area contributed by atoms with Gasteiger partial charge in [0.15, 0.2) is 0 Å². The molecule has 21 heteroatoms. The van der Waals surface area contributed by atoms with E-state index >= 15 is 4.39 Å². The van der Waals surface area contributed by atoms with Crippen molar-refractivity contribution < 1.29 is 51.3 Å². The summed E-state index contributed by atoms with van der Waals surface area (Å²) in [6.07, 6.45) is 2.33. The van der Waals surface area contributed by atoms with Gasteiger partial charge in [-0.3, -0.25) is 14.2 Å². The zero-order valence-electron chi connectivity index (χ0n) is 41.7. The fourth-order valence-corrected chi connectivity index (χ4v) is 12.8. The number of ether oxygens (including phenoxy) is 4. The van der Waals surface area contributed by atoms with Gasteiger partial charge < -0.3 is 49.3 Å². The van der Waals surface area contributed by atoms with Crippen LogP contribution in [0.5, 0.6) is 5.75 Å². The zero-order chi connectivity index (χ0) is 51.9. The highest BCUT2D eigenvalue weighted by molar-refractivity contribution is 7.12. The lowest BCUT2D eigenvalue weighted by atomic mass is 9.85. The first-order valence-electron chi connectivity index (χ1n) is 25.2. The van der Waals surface area contributed by atoms with Crippen LogP contribution in [0.1, 0.15) is 112 Å². The van der Waals surface area contributed by atoms with Crippen LogP contribution in [0.2, 0.25) is 0 Å². The Morgan fingerprint density at radius 1 is 0.838 bits per heavy atom. The Balaban J connectivity index is 0.900. The van der Waals surface area contributed by atoms with E-state index < -0.39 is 48.8 Å². The lowest BCUT2D eigenvalue weighted by Gasteiger charge is -2.38. The van der Waals surface area contributed by atoms with Gasteiger partial charge in [0.05, 0.1) is 88.8 Å². The Hall–Kier alpha value is -6.87. The second-order valence-electron chi connectivity index (χ2n) is 20.6. The van der Waals surface area contributed by atoms with Gasteiger partial charge in [-0.2, -0.15) is 0 Å². The number of hydrogen-bond donors (Lipinski definition) is 4. The van der Waals surface area contributed by atoms with Crippen molar-refractivity contribution in [3.05, 3.63) is 88.1 Å². The molecule has 0 bridgehead atoms. The molecule has 10 atom stereocenters. The number of rotatable bonds is 12. The van der Waals surface area contributed by atoms with Crippen LogP contribution in [0.15, 0.2) is 60.9 Å². The first-order chi connectivity index (χ1) is 35.6. The number of aromatic amines is 2. The maximum Gasteiger partial charge on any atom is 0.407 e. The van der Waals surface area contributed by atoms with Crippen molar-refractivity contribution >= 4 is 46.2 Å². The Labute approximate surface area is 428 Å². The van der Waals surface area contributed by atoms with Crippen LogP contribution in [-0.2, 0) is 23.8 Å². The Bertz CT molecular complexity index is 3140. The molecule has 4 amide bonds. The summed E-state index contributed by atoms with van der Waals surface area (Å²) in [6, 6.07) is 11.4. The second-order valence-corrected chi connectivity index (χ2v) is 21.7. The summed E-state index contributed by atoms with van der Waals surface area (Å²) in [6.45, 7) is 8.10. The third-order valence-electron chi connectivity index (χ3n) is 15.4. The van der Waals surface area contributed by atoms with E-state index in [0.29, 0.717) is 82.8 Å². The molecule has 1 saturated carbocycles. The van der Waals surface area contributed by atoms with Gasteiger partial charge in [-0.05, 0) is 113 Å². The SMILES string of the molecule is COC(=O)NC(C(=O)N1[C@@H]2C[C@@H]2C[C@H]1c1ncc(-c2ccc3c(c2)cc2n3C(c3ccc(C(F)F)s3)Oc3cc(-c4cnc([C@@H]5CCCN5C(=O)[C@@H](NC(=O)OC)C(C)C)[nH]4)cc(F)c3-2)[nH]1)C1C[C@@H](C)O[C@@H](C)C1. The van der Waals surface area contributed by atoms with Gasteiger partial charge in [0.2, 0.25) is 18.0 Å². The van der Waals surface area contributed by atoms with Crippen LogP contribution in [0, 0.1) is 23.6 Å². The standard InChI is InChI=1S/C53H58F3N9O8S/c1-24(2)44(61-52(68)70-5)49(66)63-13-7-8-36(63)47-57-23-34(60-47)28-17-32(54)43-38-19-29-16-27(9-10-35(29)65(38)51(73-40(43)21-28)42-12-11-41(74-42)46(55)56)33-22-58-48(59-33)39-20-30-18-37(30)64(39)50(67)45(62-53(69)71-6)31-14-25(3)72-26(4)15-31/h9-12,16-17,19,21-26,30-31,36-37,39,44-46,51H,7-8,13-15,18,20H2,1-6H3,(H,57,60)(H,58,59)(H,61,68)(H,62,69)/t25-,26+,30-,31?,36+,37-,39+,44+,45?,51?/m1/s1. The summed E-state index contributed by atoms with van der Waals surface area (Å²) in [7, 11) is 2.53. The molecule has 2 aromatic carbocycles. The zero-order valence-corrected chi connectivity index (χ0v) is 42.5. The number of carbonyl (C=O) groups excluding carboxylic acids is 4. The van der Waals surface area contributed by atoms with Crippen LogP contribution >= 0.6 is 11.3 Å². The van der Waals surface area contributed by atoms with Crippen molar-refractivity contribution in [1.29, 1.82) is 0 Å². The van der Waals surface area contributed by atoms with Gasteiger partial charge in [-0.25, -0.2) is 32.7 Å². The summed E-state index contributed by atoms with van der Waals surface area (Å²) < 4.78 is 69.3. The first-order valence-corrected chi connectivity index (χ1v) is 26.0. The molecule has 74 heavy (non-hydrogen) atoms. The van der Waals surface area contributed by atoms with Gasteiger partial charge in [-0.1, -0.05) is 19.9 Å². The minimum atomic E-state index is -2.70. The Morgan fingerprint density at radius 2 is 1.54 bits per heavy atom. The van der Waals surface area contributed by atoms with Gasteiger partial charge in [0, 0.05) is 29.1 Å². The molecular formula is C53H58F3N9O8S. The summed E-state index contributed by atoms with van der Waals surface area (Å²) in [4.78, 5) is 73.5. The van der Waals surface area contributed by atoms with E-state index in [1.807, 2.05) is 61.4 Å². The van der Waals surface area contributed by atoms with E-state index in [0.717, 1.165) is 35.1 Å². The molecule has 4 fully saturated rings. The summed E-state index contributed by atoms with van der Waals surface area (Å²) >= 11 is 0.922. The average molecular weight is 1040 g/mol. The van der Waals surface area contributed by atoms with Gasteiger partial charge in [0.1, 0.15) is 35.3 Å². The molecule has 17 nitrogen and oxygen atoms in total. The van der Waals surface area contributed by atoms with Crippen molar-refractivity contribution in [3.8, 4) is 39.5 Å². The molecule has 8 heterocycles. The number of alkyl carbamates (subject to hydrolysis) is 2. The molecule has 4 aromatic heterocycles. The number of carbonyl (C=O) groups is 4. The highest BCUT2D eigenvalue weighted by atomic mass is 32.1. The van der Waals surface area contributed by atoms with E-state index in [1.165, 1.54) is 26.4 Å². The Kier molecular flexibility index (Phi) is 13.0. The van der Waals surface area contributed by atoms with Gasteiger partial charge in [0.25, 0.3) is 6.43 Å². The fraction of sp³-hybridized carbons (Fsp3) is 0.472. The average Bonchev–Trinajstić information content (AvgIpc) is 4.16. The Morgan fingerprint density at radius 3 is 2.23 bits per heavy atom. The quantitative estimate of drug-likeness (QED) is 0.0915. The number of halogens is 3. The van der Waals surface area contributed by atoms with Crippen LogP contribution in [0.25, 0.3) is 44.7 Å². The third kappa shape index (κ3) is 8.94. The molecule has 5 aliphatic rings. The molecule has 4 N–H and O–H groups in total. The van der Waals surface area contributed by atoms with Crippen LogP contribution in [0.4, 0.5) is 22.8 Å². The summed E-state index contributed by atoms with van der Waals surface area (Å²) in [5, 5.41) is 6.26. The van der Waals surface area contributed by atoms with E-state index in [4.69, 9.17) is 23.9 Å². The molecule has 1 aliphatic carbocycles. The van der Waals surface area contributed by atoms with E-state index in [-0.39, 0.29) is 64.1 Å². The number of nitrogens with one attached hydrogen (secondary N) is 4. The van der Waals surface area contributed by atoms with Crippen molar-refractivity contribution in [3.63, 3.8) is 0 Å². The number of benzene rings is 2. The second kappa shape index (κ2) is 19.4. The normalized spacial score (nSPS) is 24.8. The maximum atomic E-state index is 16.9. The van der Waals surface area contributed by atoms with Crippen molar-refractivity contribution in [2.45, 2.75) is 121 Å². The fourth-order valence-electron chi connectivity index (χ4n) is 11.9. The predicted octanol–water partition coefficient (Wildman–Crippen LogP) is 9.80. The molecule has 0 radical (unpaired) electrons. The monoisotopic (exact) mass is 1040 g/mol. The summed E-state index contributed by atoms with van der Waals surface area (Å²) in [5.74, 6) is 0.279. The number of imidazole rings is 2. The highest BCUT2D eigenvalue weighted by Gasteiger charge is 2.57. The van der Waals surface area contributed by atoms with Crippen LogP contribution in [-0.4, -0.2) is 109 Å². The molecule has 3 unspecified atom stereocenters. The number of H-pyrrole nitrogens is 2. The minimum absolute atomic E-state index is 0.0373. The van der Waals surface area contributed by atoms with Crippen molar-refractivity contribution in [1.82, 2.24) is 44.9 Å². The number of methoxy groups -OCH3 is 2. The lowest BCUT2D eigenvalue weighted by Crippen LogP contribution is -2.55. The van der Waals surface area contributed by atoms with Gasteiger partial charge >= 0.3 is 12.2 Å². The third-order valence-corrected chi connectivity index (χ3v) is 16.5. The molecule has 3 saturated heterocycles. The molecule has 11 rings (SSSR count). The predicted molar refractivity (Wildman–Crippen MR) is 267 cm³/mol. The minimum Gasteiger partial charge on any atom is -0.464 e. The van der Waals surface area contributed by atoms with Crippen LogP contribution in [0.3, 0.4) is 0 Å². The van der Waals surface area contributed by atoms with Crippen LogP contribution < -0.4 is 15.4 Å². The number of thiophene rings is 1. The highest BCUT2D eigenvalue weighted by Crippen LogP contribution is 2.54.